The Kier molecular flexibility index (Phi) is 4.78. The van der Waals surface area contributed by atoms with Gasteiger partial charge in [0, 0.05) is 19.0 Å². The van der Waals surface area contributed by atoms with Gasteiger partial charge in [-0.25, -0.2) is 4.79 Å². The molecule has 1 aromatic rings. The van der Waals surface area contributed by atoms with Crippen molar-refractivity contribution in [1.29, 1.82) is 0 Å². The van der Waals surface area contributed by atoms with E-state index in [4.69, 9.17) is 5.11 Å². The molecule has 0 spiro atoms. The van der Waals surface area contributed by atoms with Crippen molar-refractivity contribution < 1.29 is 14.7 Å². The molecule has 0 heterocycles. The average Bonchev–Trinajstić information content (AvgIpc) is 2.29. The fourth-order valence-electron chi connectivity index (χ4n) is 1.52. The van der Waals surface area contributed by atoms with Crippen molar-refractivity contribution in [3.05, 3.63) is 29.3 Å². The van der Waals surface area contributed by atoms with Crippen molar-refractivity contribution in [3.8, 4) is 0 Å². The number of carboxylic acids is 1. The normalized spacial score (nSPS) is 12.0. The zero-order chi connectivity index (χ0) is 13.9. The van der Waals surface area contributed by atoms with Crippen molar-refractivity contribution in [2.45, 2.75) is 24.0 Å². The topological polar surface area (TPSA) is 57.6 Å². The number of benzene rings is 1. The van der Waals surface area contributed by atoms with E-state index in [0.717, 1.165) is 10.5 Å². The van der Waals surface area contributed by atoms with Gasteiger partial charge in [-0.05, 0) is 31.5 Å². The molecule has 0 aromatic heterocycles. The smallest absolute Gasteiger partial charge is 0.335 e. The summed E-state index contributed by atoms with van der Waals surface area (Å²) in [5, 5.41) is 8.81. The van der Waals surface area contributed by atoms with Crippen molar-refractivity contribution in [2.75, 3.05) is 14.1 Å². The van der Waals surface area contributed by atoms with Gasteiger partial charge in [0.05, 0.1) is 10.8 Å². The fraction of sp³-hybridized carbons (Fsp3) is 0.385. The summed E-state index contributed by atoms with van der Waals surface area (Å²) in [6.45, 7) is 3.57. The molecule has 5 heteroatoms. The number of hydrogen-bond donors (Lipinski definition) is 1. The lowest BCUT2D eigenvalue weighted by atomic mass is 10.1. The number of hydrogen-bond acceptors (Lipinski definition) is 3. The third-order valence-electron chi connectivity index (χ3n) is 2.54. The quantitative estimate of drug-likeness (QED) is 0.850. The summed E-state index contributed by atoms with van der Waals surface area (Å²) in [6.07, 6.45) is 0. The number of carbonyl (C=O) groups is 2. The SMILES string of the molecule is Cc1ccc(SC(C)C(=O)N(C)C)cc1C(=O)O. The molecular weight excluding hydrogens is 250 g/mol. The lowest BCUT2D eigenvalue weighted by molar-refractivity contribution is -0.127. The first-order valence-corrected chi connectivity index (χ1v) is 6.42. The maximum atomic E-state index is 11.7. The Morgan fingerprint density at radius 2 is 1.94 bits per heavy atom. The lowest BCUT2D eigenvalue weighted by Gasteiger charge is -2.16. The minimum atomic E-state index is -0.943. The van der Waals surface area contributed by atoms with Crippen LogP contribution in [0.1, 0.15) is 22.8 Å². The van der Waals surface area contributed by atoms with E-state index in [2.05, 4.69) is 0 Å². The maximum absolute atomic E-state index is 11.7. The third kappa shape index (κ3) is 3.50. The summed E-state index contributed by atoms with van der Waals surface area (Å²) in [4.78, 5) is 25.1. The van der Waals surface area contributed by atoms with Gasteiger partial charge in [-0.2, -0.15) is 0 Å². The highest BCUT2D eigenvalue weighted by Gasteiger charge is 2.17. The molecule has 4 nitrogen and oxygen atoms in total. The second kappa shape index (κ2) is 5.91. The van der Waals surface area contributed by atoms with Crippen LogP contribution < -0.4 is 0 Å². The summed E-state index contributed by atoms with van der Waals surface area (Å²) in [7, 11) is 3.41. The molecule has 1 unspecified atom stereocenters. The van der Waals surface area contributed by atoms with Crippen molar-refractivity contribution in [3.63, 3.8) is 0 Å². The van der Waals surface area contributed by atoms with Gasteiger partial charge in [-0.15, -0.1) is 11.8 Å². The highest BCUT2D eigenvalue weighted by atomic mass is 32.2. The molecule has 0 saturated heterocycles. The fourth-order valence-corrected chi connectivity index (χ4v) is 2.58. The second-order valence-corrected chi connectivity index (χ2v) is 5.69. The van der Waals surface area contributed by atoms with Crippen LogP contribution in [0.2, 0.25) is 0 Å². The monoisotopic (exact) mass is 267 g/mol. The lowest BCUT2D eigenvalue weighted by Crippen LogP contribution is -2.29. The van der Waals surface area contributed by atoms with Gasteiger partial charge in [0.2, 0.25) is 5.91 Å². The zero-order valence-electron chi connectivity index (χ0n) is 10.9. The Morgan fingerprint density at radius 1 is 1.33 bits per heavy atom. The molecule has 0 aliphatic rings. The Balaban J connectivity index is 2.89. The summed E-state index contributed by atoms with van der Waals surface area (Å²) >= 11 is 1.37. The van der Waals surface area contributed by atoms with E-state index >= 15 is 0 Å². The van der Waals surface area contributed by atoms with Crippen LogP contribution in [0.15, 0.2) is 23.1 Å². The Bertz CT molecular complexity index is 471. The van der Waals surface area contributed by atoms with Gasteiger partial charge in [-0.3, -0.25) is 4.79 Å². The summed E-state index contributed by atoms with van der Waals surface area (Å²) < 4.78 is 0. The number of rotatable bonds is 4. The maximum Gasteiger partial charge on any atom is 0.335 e. The average molecular weight is 267 g/mol. The molecule has 0 radical (unpaired) electrons. The number of amides is 1. The van der Waals surface area contributed by atoms with Crippen molar-refractivity contribution in [1.82, 2.24) is 4.90 Å². The van der Waals surface area contributed by atoms with Gasteiger partial charge in [0.25, 0.3) is 0 Å². The number of carbonyl (C=O) groups excluding carboxylic acids is 1. The van der Waals surface area contributed by atoms with E-state index in [0.29, 0.717) is 0 Å². The first-order chi connectivity index (χ1) is 8.32. The molecule has 1 rings (SSSR count). The van der Waals surface area contributed by atoms with Crippen LogP contribution in [0.5, 0.6) is 0 Å². The van der Waals surface area contributed by atoms with E-state index in [1.54, 1.807) is 33.2 Å². The van der Waals surface area contributed by atoms with E-state index < -0.39 is 5.97 Å². The molecule has 18 heavy (non-hydrogen) atoms. The first kappa shape index (κ1) is 14.6. The Hall–Kier alpha value is -1.49. The summed E-state index contributed by atoms with van der Waals surface area (Å²) in [5.41, 5.74) is 1.00. The number of nitrogens with zero attached hydrogens (tertiary/aromatic N) is 1. The first-order valence-electron chi connectivity index (χ1n) is 5.54. The van der Waals surface area contributed by atoms with Gasteiger partial charge in [0.1, 0.15) is 0 Å². The van der Waals surface area contributed by atoms with Gasteiger partial charge in [0.15, 0.2) is 0 Å². The molecule has 1 atom stereocenters. The minimum Gasteiger partial charge on any atom is -0.478 e. The van der Waals surface area contributed by atoms with Crippen LogP contribution in [-0.4, -0.2) is 41.2 Å². The van der Waals surface area contributed by atoms with Gasteiger partial charge in [-0.1, -0.05) is 6.07 Å². The summed E-state index contributed by atoms with van der Waals surface area (Å²) in [6, 6.07) is 5.21. The highest BCUT2D eigenvalue weighted by molar-refractivity contribution is 8.00. The van der Waals surface area contributed by atoms with Gasteiger partial charge < -0.3 is 10.0 Å². The molecule has 0 saturated carbocycles. The largest absolute Gasteiger partial charge is 0.478 e. The van der Waals surface area contributed by atoms with Crippen molar-refractivity contribution in [2.24, 2.45) is 0 Å². The number of aromatic carboxylic acids is 1. The molecule has 0 aliphatic carbocycles. The van der Waals surface area contributed by atoms with E-state index in [9.17, 15) is 9.59 Å². The van der Waals surface area contributed by atoms with E-state index in [-0.39, 0.29) is 16.7 Å². The van der Waals surface area contributed by atoms with Crippen molar-refractivity contribution >= 4 is 23.6 Å². The number of thioether (sulfide) groups is 1. The van der Waals surface area contributed by atoms with Gasteiger partial charge >= 0.3 is 5.97 Å². The predicted molar refractivity (Wildman–Crippen MR) is 72.2 cm³/mol. The van der Waals surface area contributed by atoms with Crippen LogP contribution in [0.3, 0.4) is 0 Å². The second-order valence-electron chi connectivity index (χ2n) is 4.27. The predicted octanol–water partition coefficient (Wildman–Crippen LogP) is 2.26. The molecular formula is C13H17NO3S. The molecule has 98 valence electrons. The third-order valence-corrected chi connectivity index (χ3v) is 3.62. The van der Waals surface area contributed by atoms with Crippen LogP contribution in [-0.2, 0) is 4.79 Å². The van der Waals surface area contributed by atoms with Crippen LogP contribution in [0.4, 0.5) is 0 Å². The molecule has 0 fully saturated rings. The van der Waals surface area contributed by atoms with Crippen LogP contribution in [0, 0.1) is 6.92 Å². The Morgan fingerprint density at radius 3 is 2.44 bits per heavy atom. The Labute approximate surface area is 111 Å². The van der Waals surface area contributed by atoms with Crippen LogP contribution in [0.25, 0.3) is 0 Å². The number of carboxylic acid groups (broad SMARTS) is 1. The molecule has 1 aromatic carbocycles. The molecule has 0 aliphatic heterocycles. The molecule has 0 bridgehead atoms. The number of aryl methyl sites for hydroxylation is 1. The summed E-state index contributed by atoms with van der Waals surface area (Å²) in [5.74, 6) is -0.931. The standard InChI is InChI=1S/C13H17NO3S/c1-8-5-6-10(7-11(8)13(16)17)18-9(2)12(15)14(3)4/h5-7,9H,1-4H3,(H,16,17). The molecule has 1 amide bonds. The van der Waals surface area contributed by atoms with Crippen LogP contribution >= 0.6 is 11.8 Å². The highest BCUT2D eigenvalue weighted by Crippen LogP contribution is 2.26. The zero-order valence-corrected chi connectivity index (χ0v) is 11.7. The van der Waals surface area contributed by atoms with E-state index in [1.165, 1.54) is 16.7 Å². The molecule has 1 N–H and O–H groups in total. The van der Waals surface area contributed by atoms with E-state index in [1.807, 2.05) is 13.0 Å². The minimum absolute atomic E-state index is 0.0115.